The number of carboxylic acids is 1. The molecule has 1 aliphatic rings. The molecule has 1 saturated heterocycles. The van der Waals surface area contributed by atoms with Crippen LogP contribution >= 0.6 is 0 Å². The van der Waals surface area contributed by atoms with Crippen LogP contribution in [-0.2, 0) is 9.53 Å². The molecule has 3 N–H and O–H groups in total. The zero-order valence-corrected chi connectivity index (χ0v) is 11.9. The summed E-state index contributed by atoms with van der Waals surface area (Å²) < 4.78 is 5.07. The van der Waals surface area contributed by atoms with Crippen molar-refractivity contribution in [3.63, 3.8) is 0 Å². The molecule has 23 heavy (non-hydrogen) atoms. The summed E-state index contributed by atoms with van der Waals surface area (Å²) in [6, 6.07) is 5.91. The molecule has 1 amide bonds. The lowest BCUT2D eigenvalue weighted by atomic mass is 9.99. The van der Waals surface area contributed by atoms with Gasteiger partial charge in [-0.15, -0.1) is 0 Å². The molecule has 1 unspecified atom stereocenters. The van der Waals surface area contributed by atoms with Gasteiger partial charge in [0, 0.05) is 24.5 Å². The Kier molecular flexibility index (Phi) is 3.49. The first-order chi connectivity index (χ1) is 10.9. The lowest BCUT2D eigenvalue weighted by Crippen LogP contribution is -2.55. The van der Waals surface area contributed by atoms with Gasteiger partial charge in [0.15, 0.2) is 5.54 Å². The van der Waals surface area contributed by atoms with E-state index in [1.54, 1.807) is 6.07 Å². The molecule has 9 heteroatoms. The second kappa shape index (κ2) is 5.36. The number of hydrogen-bond acceptors (Lipinski definition) is 5. The number of nitro benzene ring substituents is 1. The molecule has 1 atom stereocenters. The number of rotatable bonds is 4. The third-order valence-electron chi connectivity index (χ3n) is 3.86. The summed E-state index contributed by atoms with van der Waals surface area (Å²) in [5.41, 5.74) is -1.35. The van der Waals surface area contributed by atoms with Gasteiger partial charge in [0.05, 0.1) is 11.5 Å². The maximum atomic E-state index is 12.3. The number of nitrogens with zero attached hydrogens (tertiary/aromatic N) is 1. The number of aliphatic carboxylic acids is 1. The molecule has 0 radical (unpaired) electrons. The van der Waals surface area contributed by atoms with Crippen LogP contribution in [0.1, 0.15) is 16.9 Å². The highest BCUT2D eigenvalue weighted by atomic mass is 16.6. The SMILES string of the molecule is O=C(NC1(C(=O)O)CCOC1)c1cc2cccc([N+](=O)[O-])c2[nH]1. The van der Waals surface area contributed by atoms with Crippen molar-refractivity contribution in [3.05, 3.63) is 40.1 Å². The average molecular weight is 319 g/mol. The topological polar surface area (TPSA) is 135 Å². The molecule has 2 heterocycles. The number of benzene rings is 1. The number of aromatic nitrogens is 1. The van der Waals surface area contributed by atoms with Crippen LogP contribution in [0.3, 0.4) is 0 Å². The summed E-state index contributed by atoms with van der Waals surface area (Å²) in [4.78, 5) is 36.9. The summed E-state index contributed by atoms with van der Waals surface area (Å²) in [6.07, 6.45) is 0.161. The predicted molar refractivity (Wildman–Crippen MR) is 78.2 cm³/mol. The fourth-order valence-electron chi connectivity index (χ4n) is 2.59. The van der Waals surface area contributed by atoms with Gasteiger partial charge in [0.1, 0.15) is 11.2 Å². The lowest BCUT2D eigenvalue weighted by molar-refractivity contribution is -0.383. The predicted octanol–water partition coefficient (Wildman–Crippen LogP) is 1.05. The lowest BCUT2D eigenvalue weighted by Gasteiger charge is -2.23. The molecule has 0 saturated carbocycles. The minimum Gasteiger partial charge on any atom is -0.479 e. The minimum atomic E-state index is -1.47. The van der Waals surface area contributed by atoms with E-state index in [1.165, 1.54) is 18.2 Å². The summed E-state index contributed by atoms with van der Waals surface area (Å²) in [5, 5.41) is 23.3. The second-order valence-electron chi connectivity index (χ2n) is 5.33. The summed E-state index contributed by atoms with van der Waals surface area (Å²) in [7, 11) is 0. The van der Waals surface area contributed by atoms with E-state index in [9.17, 15) is 24.8 Å². The molecule has 1 aromatic carbocycles. The van der Waals surface area contributed by atoms with Crippen molar-refractivity contribution in [2.24, 2.45) is 0 Å². The summed E-state index contributed by atoms with van der Waals surface area (Å²) >= 11 is 0. The summed E-state index contributed by atoms with van der Waals surface area (Å²) in [6.45, 7) is 0.124. The number of nitrogens with one attached hydrogen (secondary N) is 2. The van der Waals surface area contributed by atoms with E-state index in [0.29, 0.717) is 5.39 Å². The van der Waals surface area contributed by atoms with Crippen molar-refractivity contribution in [3.8, 4) is 0 Å². The number of fused-ring (bicyclic) bond motifs is 1. The van der Waals surface area contributed by atoms with E-state index in [2.05, 4.69) is 10.3 Å². The Bertz CT molecular complexity index is 806. The molecule has 1 aromatic heterocycles. The highest BCUT2D eigenvalue weighted by Crippen LogP contribution is 2.26. The summed E-state index contributed by atoms with van der Waals surface area (Å²) in [5.74, 6) is -1.83. The molecule has 9 nitrogen and oxygen atoms in total. The first-order valence-electron chi connectivity index (χ1n) is 6.83. The van der Waals surface area contributed by atoms with Gasteiger partial charge >= 0.3 is 5.97 Å². The first-order valence-corrected chi connectivity index (χ1v) is 6.83. The van der Waals surface area contributed by atoms with Crippen molar-refractivity contribution in [1.82, 2.24) is 10.3 Å². The number of H-pyrrole nitrogens is 1. The smallest absolute Gasteiger partial charge is 0.331 e. The van der Waals surface area contributed by atoms with Gasteiger partial charge in [-0.2, -0.15) is 0 Å². The van der Waals surface area contributed by atoms with E-state index >= 15 is 0 Å². The Hall–Kier alpha value is -2.94. The van der Waals surface area contributed by atoms with Crippen LogP contribution in [0.5, 0.6) is 0 Å². The molecule has 3 rings (SSSR count). The molecule has 1 fully saturated rings. The number of ether oxygens (including phenoxy) is 1. The molecule has 2 aromatic rings. The number of carbonyl (C=O) groups excluding carboxylic acids is 1. The van der Waals surface area contributed by atoms with Gasteiger partial charge in [-0.1, -0.05) is 12.1 Å². The Morgan fingerprint density at radius 2 is 2.22 bits per heavy atom. The number of para-hydroxylation sites is 1. The van der Waals surface area contributed by atoms with Crippen LogP contribution in [0, 0.1) is 10.1 Å². The molecular formula is C14H13N3O6. The fraction of sp³-hybridized carbons (Fsp3) is 0.286. The maximum absolute atomic E-state index is 12.3. The van der Waals surface area contributed by atoms with Crippen molar-refractivity contribution >= 4 is 28.5 Å². The van der Waals surface area contributed by atoms with Crippen molar-refractivity contribution in [1.29, 1.82) is 0 Å². The van der Waals surface area contributed by atoms with Crippen LogP contribution in [0.25, 0.3) is 10.9 Å². The van der Waals surface area contributed by atoms with Crippen molar-refractivity contribution in [2.45, 2.75) is 12.0 Å². The monoisotopic (exact) mass is 319 g/mol. The molecular weight excluding hydrogens is 306 g/mol. The Balaban J connectivity index is 1.94. The quantitative estimate of drug-likeness (QED) is 0.569. The maximum Gasteiger partial charge on any atom is 0.331 e. The Morgan fingerprint density at radius 3 is 2.83 bits per heavy atom. The van der Waals surface area contributed by atoms with Gasteiger partial charge in [-0.25, -0.2) is 4.79 Å². The normalized spacial score (nSPS) is 20.5. The van der Waals surface area contributed by atoms with E-state index in [0.717, 1.165) is 0 Å². The number of hydrogen-bond donors (Lipinski definition) is 3. The third-order valence-corrected chi connectivity index (χ3v) is 3.86. The van der Waals surface area contributed by atoms with Gasteiger partial charge in [0.2, 0.25) is 0 Å². The van der Waals surface area contributed by atoms with Gasteiger partial charge in [-0.05, 0) is 6.07 Å². The fourth-order valence-corrected chi connectivity index (χ4v) is 2.59. The van der Waals surface area contributed by atoms with Gasteiger partial charge < -0.3 is 20.1 Å². The molecule has 0 spiro atoms. The van der Waals surface area contributed by atoms with Crippen LogP contribution in [0.2, 0.25) is 0 Å². The molecule has 0 bridgehead atoms. The van der Waals surface area contributed by atoms with E-state index < -0.39 is 22.3 Å². The molecule has 0 aliphatic carbocycles. The second-order valence-corrected chi connectivity index (χ2v) is 5.33. The average Bonchev–Trinajstić information content (AvgIpc) is 3.13. The van der Waals surface area contributed by atoms with Crippen molar-refractivity contribution in [2.75, 3.05) is 13.2 Å². The van der Waals surface area contributed by atoms with Gasteiger partial charge in [0.25, 0.3) is 11.6 Å². The highest BCUT2D eigenvalue weighted by molar-refractivity contribution is 6.02. The standard InChI is InChI=1S/C14H13N3O6/c18-12(16-14(13(19)20)4-5-23-7-14)9-6-8-2-1-3-10(17(21)22)11(8)15-9/h1-3,6,15H,4-5,7H2,(H,16,18)(H,19,20). The first kappa shape index (κ1) is 15.0. The highest BCUT2D eigenvalue weighted by Gasteiger charge is 2.44. The largest absolute Gasteiger partial charge is 0.479 e. The van der Waals surface area contributed by atoms with Crippen LogP contribution in [-0.4, -0.2) is 45.6 Å². The molecule has 120 valence electrons. The number of carboxylic acid groups (broad SMARTS) is 1. The Morgan fingerprint density at radius 1 is 1.43 bits per heavy atom. The van der Waals surface area contributed by atoms with E-state index in [-0.39, 0.29) is 36.5 Å². The number of non-ortho nitro benzene ring substituents is 1. The number of aromatic amines is 1. The minimum absolute atomic E-state index is 0.0572. The third kappa shape index (κ3) is 2.50. The number of amides is 1. The van der Waals surface area contributed by atoms with E-state index in [4.69, 9.17) is 4.74 Å². The van der Waals surface area contributed by atoms with Crippen molar-refractivity contribution < 1.29 is 24.4 Å². The zero-order valence-electron chi connectivity index (χ0n) is 11.9. The Labute approximate surface area is 129 Å². The van der Waals surface area contributed by atoms with E-state index in [1.807, 2.05) is 0 Å². The van der Waals surface area contributed by atoms with Gasteiger partial charge in [-0.3, -0.25) is 14.9 Å². The molecule has 1 aliphatic heterocycles. The number of carbonyl (C=O) groups is 2. The van der Waals surface area contributed by atoms with Crippen LogP contribution < -0.4 is 5.32 Å². The number of nitro groups is 1. The van der Waals surface area contributed by atoms with Crippen LogP contribution in [0.15, 0.2) is 24.3 Å². The zero-order chi connectivity index (χ0) is 16.6. The van der Waals surface area contributed by atoms with Crippen LogP contribution in [0.4, 0.5) is 5.69 Å².